The molecular weight excluding hydrogens is 250 g/mol. The Hall–Kier alpha value is -1.71. The number of rotatable bonds is 0. The fourth-order valence-corrected chi connectivity index (χ4v) is 3.17. The molecule has 1 N–H and O–H groups in total. The Bertz CT molecular complexity index is 488. The second kappa shape index (κ2) is 5.73. The molecule has 3 rings (SSSR count). The minimum atomic E-state index is 0.174. The van der Waals surface area contributed by atoms with Crippen molar-refractivity contribution in [3.8, 4) is 0 Å². The first-order valence-electron chi connectivity index (χ1n) is 7.65. The zero-order chi connectivity index (χ0) is 13.9. The van der Waals surface area contributed by atoms with Crippen LogP contribution in [-0.4, -0.2) is 37.1 Å². The molecule has 2 amide bonds. The highest BCUT2D eigenvalue weighted by Crippen LogP contribution is 2.29. The van der Waals surface area contributed by atoms with Crippen LogP contribution in [0.25, 0.3) is 0 Å². The van der Waals surface area contributed by atoms with Gasteiger partial charge < -0.3 is 10.2 Å². The minimum Gasteiger partial charge on any atom is -0.383 e. The molecule has 20 heavy (non-hydrogen) atoms. The average Bonchev–Trinajstić information content (AvgIpc) is 2.69. The molecule has 0 aromatic heterocycles. The lowest BCUT2D eigenvalue weighted by Crippen LogP contribution is -2.47. The van der Waals surface area contributed by atoms with Gasteiger partial charge in [0.2, 0.25) is 0 Å². The van der Waals surface area contributed by atoms with Crippen molar-refractivity contribution < 1.29 is 4.79 Å². The molecule has 0 radical (unpaired) electrons. The van der Waals surface area contributed by atoms with Gasteiger partial charge in [0.05, 0.1) is 11.4 Å². The van der Waals surface area contributed by atoms with E-state index in [4.69, 9.17) is 0 Å². The highest BCUT2D eigenvalue weighted by atomic mass is 16.2. The van der Waals surface area contributed by atoms with Gasteiger partial charge in [0, 0.05) is 26.2 Å². The van der Waals surface area contributed by atoms with Crippen LogP contribution < -0.4 is 10.2 Å². The number of piperidine rings is 1. The molecular formula is C16H23N3O. The molecule has 1 unspecified atom stereocenters. The minimum absolute atomic E-state index is 0.174. The van der Waals surface area contributed by atoms with Gasteiger partial charge in [-0.3, -0.25) is 4.90 Å². The SMILES string of the molecule is CC1CCCN(C(=O)N2CCCNc3ccccc32)C1. The molecule has 1 aromatic carbocycles. The van der Waals surface area contributed by atoms with Crippen molar-refractivity contribution in [3.63, 3.8) is 0 Å². The van der Waals surface area contributed by atoms with E-state index in [1.54, 1.807) is 0 Å². The van der Waals surface area contributed by atoms with Gasteiger partial charge in [-0.25, -0.2) is 4.79 Å². The van der Waals surface area contributed by atoms with E-state index in [1.807, 2.05) is 28.0 Å². The standard InChI is InChI=1S/C16H23N3O/c1-13-6-4-10-18(12-13)16(20)19-11-5-9-17-14-7-2-3-8-15(14)19/h2-3,7-8,13,17H,4-6,9-12H2,1H3. The number of amides is 2. The number of urea groups is 1. The highest BCUT2D eigenvalue weighted by Gasteiger charge is 2.28. The van der Waals surface area contributed by atoms with Crippen LogP contribution in [0.4, 0.5) is 16.2 Å². The molecule has 2 aliphatic rings. The maximum Gasteiger partial charge on any atom is 0.324 e. The van der Waals surface area contributed by atoms with Crippen LogP contribution in [0.3, 0.4) is 0 Å². The lowest BCUT2D eigenvalue weighted by Gasteiger charge is -2.35. The van der Waals surface area contributed by atoms with Crippen LogP contribution in [0.1, 0.15) is 26.2 Å². The molecule has 4 heteroatoms. The van der Waals surface area contributed by atoms with Crippen molar-refractivity contribution >= 4 is 17.4 Å². The Morgan fingerprint density at radius 1 is 1.25 bits per heavy atom. The smallest absolute Gasteiger partial charge is 0.324 e. The van der Waals surface area contributed by atoms with E-state index in [1.165, 1.54) is 6.42 Å². The summed E-state index contributed by atoms with van der Waals surface area (Å²) >= 11 is 0. The Labute approximate surface area is 120 Å². The number of nitrogens with zero attached hydrogens (tertiary/aromatic N) is 2. The Kier molecular flexibility index (Phi) is 3.81. The topological polar surface area (TPSA) is 35.6 Å². The van der Waals surface area contributed by atoms with Crippen molar-refractivity contribution in [2.75, 3.05) is 36.4 Å². The number of nitrogens with one attached hydrogen (secondary N) is 1. The quantitative estimate of drug-likeness (QED) is 0.788. The summed E-state index contributed by atoms with van der Waals surface area (Å²) in [5.41, 5.74) is 2.09. The van der Waals surface area contributed by atoms with E-state index in [0.717, 1.165) is 50.4 Å². The van der Waals surface area contributed by atoms with Gasteiger partial charge in [-0.1, -0.05) is 19.1 Å². The predicted octanol–water partition coefficient (Wildman–Crippen LogP) is 3.16. The monoisotopic (exact) mass is 273 g/mol. The van der Waals surface area contributed by atoms with E-state index < -0.39 is 0 Å². The zero-order valence-corrected chi connectivity index (χ0v) is 12.1. The van der Waals surface area contributed by atoms with Crippen LogP contribution >= 0.6 is 0 Å². The number of hydrogen-bond acceptors (Lipinski definition) is 2. The second-order valence-corrected chi connectivity index (χ2v) is 5.93. The first-order chi connectivity index (χ1) is 9.75. The number of carbonyl (C=O) groups is 1. The van der Waals surface area contributed by atoms with Crippen molar-refractivity contribution in [2.24, 2.45) is 5.92 Å². The Morgan fingerprint density at radius 2 is 2.10 bits per heavy atom. The third-order valence-electron chi connectivity index (χ3n) is 4.23. The first kappa shape index (κ1) is 13.3. The van der Waals surface area contributed by atoms with E-state index in [9.17, 15) is 4.79 Å². The summed E-state index contributed by atoms with van der Waals surface area (Å²) in [4.78, 5) is 16.8. The molecule has 2 aliphatic heterocycles. The number of carbonyl (C=O) groups excluding carboxylic acids is 1. The van der Waals surface area contributed by atoms with E-state index in [-0.39, 0.29) is 6.03 Å². The van der Waals surface area contributed by atoms with E-state index in [2.05, 4.69) is 18.3 Å². The van der Waals surface area contributed by atoms with Gasteiger partial charge in [0.1, 0.15) is 0 Å². The summed E-state index contributed by atoms with van der Waals surface area (Å²) in [6.45, 7) is 5.75. The normalized spacial score (nSPS) is 22.8. The summed E-state index contributed by atoms with van der Waals surface area (Å²) in [7, 11) is 0. The van der Waals surface area contributed by atoms with Crippen LogP contribution in [0, 0.1) is 5.92 Å². The fourth-order valence-electron chi connectivity index (χ4n) is 3.17. The van der Waals surface area contributed by atoms with Crippen LogP contribution in [0.5, 0.6) is 0 Å². The fraction of sp³-hybridized carbons (Fsp3) is 0.562. The lowest BCUT2D eigenvalue weighted by atomic mass is 10.0. The molecule has 108 valence electrons. The van der Waals surface area contributed by atoms with E-state index >= 15 is 0 Å². The zero-order valence-electron chi connectivity index (χ0n) is 12.1. The number of fused-ring (bicyclic) bond motifs is 1. The predicted molar refractivity (Wildman–Crippen MR) is 82.3 cm³/mol. The Morgan fingerprint density at radius 3 is 2.95 bits per heavy atom. The van der Waals surface area contributed by atoms with Crippen LogP contribution in [0.15, 0.2) is 24.3 Å². The molecule has 0 bridgehead atoms. The van der Waals surface area contributed by atoms with Gasteiger partial charge in [-0.05, 0) is 37.3 Å². The average molecular weight is 273 g/mol. The number of anilines is 2. The van der Waals surface area contributed by atoms with Gasteiger partial charge >= 0.3 is 6.03 Å². The van der Waals surface area contributed by atoms with Gasteiger partial charge in [-0.15, -0.1) is 0 Å². The first-order valence-corrected chi connectivity index (χ1v) is 7.65. The highest BCUT2D eigenvalue weighted by molar-refractivity contribution is 5.96. The molecule has 0 saturated carbocycles. The molecule has 0 spiro atoms. The van der Waals surface area contributed by atoms with Crippen molar-refractivity contribution in [3.05, 3.63) is 24.3 Å². The molecule has 1 aromatic rings. The second-order valence-electron chi connectivity index (χ2n) is 5.93. The maximum absolute atomic E-state index is 12.8. The molecule has 2 heterocycles. The van der Waals surface area contributed by atoms with Gasteiger partial charge in [0.15, 0.2) is 0 Å². The molecule has 0 aliphatic carbocycles. The third kappa shape index (κ3) is 2.60. The molecule has 1 fully saturated rings. The van der Waals surface area contributed by atoms with Crippen molar-refractivity contribution in [1.82, 2.24) is 4.90 Å². The van der Waals surface area contributed by atoms with E-state index in [0.29, 0.717) is 5.92 Å². The summed E-state index contributed by atoms with van der Waals surface area (Å²) in [6, 6.07) is 8.29. The largest absolute Gasteiger partial charge is 0.383 e. The maximum atomic E-state index is 12.8. The van der Waals surface area contributed by atoms with Gasteiger partial charge in [0.25, 0.3) is 0 Å². The number of para-hydroxylation sites is 2. The third-order valence-corrected chi connectivity index (χ3v) is 4.23. The summed E-state index contributed by atoms with van der Waals surface area (Å²) in [6.07, 6.45) is 3.35. The lowest BCUT2D eigenvalue weighted by molar-refractivity contribution is 0.176. The van der Waals surface area contributed by atoms with Crippen LogP contribution in [0.2, 0.25) is 0 Å². The number of hydrogen-bond donors (Lipinski definition) is 1. The van der Waals surface area contributed by atoms with Crippen molar-refractivity contribution in [2.45, 2.75) is 26.2 Å². The molecule has 1 atom stereocenters. The number of likely N-dealkylation sites (tertiary alicyclic amines) is 1. The van der Waals surface area contributed by atoms with Crippen molar-refractivity contribution in [1.29, 1.82) is 0 Å². The molecule has 4 nitrogen and oxygen atoms in total. The van der Waals surface area contributed by atoms with Crippen LogP contribution in [-0.2, 0) is 0 Å². The summed E-state index contributed by atoms with van der Waals surface area (Å²) in [5.74, 6) is 0.619. The summed E-state index contributed by atoms with van der Waals surface area (Å²) in [5, 5.41) is 3.41. The van der Waals surface area contributed by atoms with Gasteiger partial charge in [-0.2, -0.15) is 0 Å². The Balaban J connectivity index is 1.83. The number of benzene rings is 1. The molecule has 1 saturated heterocycles. The summed E-state index contributed by atoms with van der Waals surface area (Å²) < 4.78 is 0.